The smallest absolute Gasteiger partial charge is 0.208 e. The first-order valence-electron chi connectivity index (χ1n) is 5.49. The topological polar surface area (TPSA) is 41.0 Å². The Kier molecular flexibility index (Phi) is 3.53. The van der Waals surface area contributed by atoms with E-state index in [1.165, 1.54) is 12.8 Å². The summed E-state index contributed by atoms with van der Waals surface area (Å²) >= 11 is 1.70. The minimum Gasteiger partial charge on any atom is -0.346 e. The zero-order chi connectivity index (χ0) is 10.7. The molecule has 1 aromatic rings. The number of aromatic nitrogens is 2. The molecule has 0 spiro atoms. The molecule has 1 fully saturated rings. The zero-order valence-corrected chi connectivity index (χ0v) is 10.2. The molecule has 0 aliphatic carbocycles. The van der Waals surface area contributed by atoms with Crippen LogP contribution in [-0.4, -0.2) is 36.9 Å². The first-order valence-corrected chi connectivity index (χ1v) is 6.31. The van der Waals surface area contributed by atoms with E-state index in [0.717, 1.165) is 35.7 Å². The fraction of sp³-hybridized carbons (Fsp3) is 0.800. The molecule has 0 amide bonds. The Morgan fingerprint density at radius 2 is 2.40 bits per heavy atom. The maximum absolute atomic E-state index is 4.21. The summed E-state index contributed by atoms with van der Waals surface area (Å²) in [5.74, 6) is 0.757. The molecular formula is C10H18N4S. The van der Waals surface area contributed by atoms with Gasteiger partial charge in [-0.25, -0.2) is 0 Å². The number of anilines is 1. The first-order chi connectivity index (χ1) is 7.29. The summed E-state index contributed by atoms with van der Waals surface area (Å²) < 4.78 is 0. The van der Waals surface area contributed by atoms with Crippen LogP contribution in [0.5, 0.6) is 0 Å². The Balaban J connectivity index is 1.98. The number of nitrogens with zero attached hydrogens (tertiary/aromatic N) is 3. The molecule has 1 N–H and O–H groups in total. The second-order valence-electron chi connectivity index (χ2n) is 4.12. The maximum atomic E-state index is 4.21. The van der Waals surface area contributed by atoms with Crippen LogP contribution < -0.4 is 10.2 Å². The summed E-state index contributed by atoms with van der Waals surface area (Å²) in [6.07, 6.45) is 2.60. The predicted octanol–water partition coefficient (Wildman–Crippen LogP) is 1.28. The lowest BCUT2D eigenvalue weighted by atomic mass is 9.98. The molecule has 2 heterocycles. The lowest BCUT2D eigenvalue weighted by Gasteiger charge is -2.32. The van der Waals surface area contributed by atoms with Gasteiger partial charge in [-0.1, -0.05) is 11.3 Å². The van der Waals surface area contributed by atoms with Gasteiger partial charge in [-0.3, -0.25) is 0 Å². The summed E-state index contributed by atoms with van der Waals surface area (Å²) in [7, 11) is 2.02. The largest absolute Gasteiger partial charge is 0.346 e. The van der Waals surface area contributed by atoms with E-state index in [1.807, 2.05) is 14.0 Å². The molecule has 1 aliphatic heterocycles. The minimum absolute atomic E-state index is 0.757. The van der Waals surface area contributed by atoms with Crippen molar-refractivity contribution >= 4 is 16.5 Å². The van der Waals surface area contributed by atoms with Crippen molar-refractivity contribution in [1.82, 2.24) is 15.5 Å². The van der Waals surface area contributed by atoms with E-state index in [2.05, 4.69) is 20.4 Å². The zero-order valence-electron chi connectivity index (χ0n) is 9.36. The summed E-state index contributed by atoms with van der Waals surface area (Å²) in [5, 5.41) is 13.7. The van der Waals surface area contributed by atoms with Crippen molar-refractivity contribution in [1.29, 1.82) is 0 Å². The Hall–Kier alpha value is -0.680. The third kappa shape index (κ3) is 2.66. The van der Waals surface area contributed by atoms with Gasteiger partial charge in [-0.15, -0.1) is 10.2 Å². The van der Waals surface area contributed by atoms with Crippen molar-refractivity contribution in [3.05, 3.63) is 5.01 Å². The highest BCUT2D eigenvalue weighted by Gasteiger charge is 2.21. The molecule has 5 heteroatoms. The van der Waals surface area contributed by atoms with Gasteiger partial charge in [0.2, 0.25) is 5.13 Å². The van der Waals surface area contributed by atoms with Gasteiger partial charge >= 0.3 is 0 Å². The van der Waals surface area contributed by atoms with Gasteiger partial charge in [-0.05, 0) is 39.3 Å². The highest BCUT2D eigenvalue weighted by atomic mass is 32.1. The van der Waals surface area contributed by atoms with Gasteiger partial charge in [-0.2, -0.15) is 0 Å². The van der Waals surface area contributed by atoms with Crippen LogP contribution in [0.15, 0.2) is 0 Å². The fourth-order valence-electron chi connectivity index (χ4n) is 2.11. The molecule has 0 bridgehead atoms. The lowest BCUT2D eigenvalue weighted by Crippen LogP contribution is -2.39. The summed E-state index contributed by atoms with van der Waals surface area (Å²) in [6, 6.07) is 0. The highest BCUT2D eigenvalue weighted by molar-refractivity contribution is 7.15. The normalized spacial score (nSPS) is 22.0. The van der Waals surface area contributed by atoms with Gasteiger partial charge < -0.3 is 10.2 Å². The van der Waals surface area contributed by atoms with E-state index in [9.17, 15) is 0 Å². The standard InChI is InChI=1S/C10H18N4S/c1-8-12-13-10(15-8)14-5-3-4-9(7-14)6-11-2/h9,11H,3-7H2,1-2H3. The van der Waals surface area contributed by atoms with E-state index < -0.39 is 0 Å². The average molecular weight is 226 g/mol. The number of piperidine rings is 1. The molecular weight excluding hydrogens is 208 g/mol. The molecule has 4 nitrogen and oxygen atoms in total. The van der Waals surface area contributed by atoms with Crippen LogP contribution in [0, 0.1) is 12.8 Å². The van der Waals surface area contributed by atoms with Crippen molar-refractivity contribution in [2.75, 3.05) is 31.6 Å². The van der Waals surface area contributed by atoms with Crippen LogP contribution in [0.25, 0.3) is 0 Å². The van der Waals surface area contributed by atoms with Crippen molar-refractivity contribution in [3.8, 4) is 0 Å². The number of nitrogens with one attached hydrogen (secondary N) is 1. The van der Waals surface area contributed by atoms with Crippen LogP contribution in [0.2, 0.25) is 0 Å². The number of hydrogen-bond acceptors (Lipinski definition) is 5. The van der Waals surface area contributed by atoms with Crippen LogP contribution >= 0.6 is 11.3 Å². The van der Waals surface area contributed by atoms with Crippen LogP contribution in [0.4, 0.5) is 5.13 Å². The van der Waals surface area contributed by atoms with Gasteiger partial charge in [0.05, 0.1) is 0 Å². The third-order valence-electron chi connectivity index (χ3n) is 2.80. The molecule has 0 radical (unpaired) electrons. The van der Waals surface area contributed by atoms with E-state index in [1.54, 1.807) is 11.3 Å². The summed E-state index contributed by atoms with van der Waals surface area (Å²) in [5.41, 5.74) is 0. The fourth-order valence-corrected chi connectivity index (χ4v) is 2.83. The third-order valence-corrected chi connectivity index (χ3v) is 3.70. The van der Waals surface area contributed by atoms with Crippen molar-refractivity contribution in [2.45, 2.75) is 19.8 Å². The molecule has 1 unspecified atom stereocenters. The van der Waals surface area contributed by atoms with Gasteiger partial charge in [0, 0.05) is 13.1 Å². The Bertz CT molecular complexity index is 310. The van der Waals surface area contributed by atoms with Crippen molar-refractivity contribution in [2.24, 2.45) is 5.92 Å². The van der Waals surface area contributed by atoms with Gasteiger partial charge in [0.25, 0.3) is 0 Å². The van der Waals surface area contributed by atoms with E-state index >= 15 is 0 Å². The van der Waals surface area contributed by atoms with Crippen LogP contribution in [0.1, 0.15) is 17.8 Å². The second kappa shape index (κ2) is 4.90. The second-order valence-corrected chi connectivity index (χ2v) is 5.28. The molecule has 1 aromatic heterocycles. The van der Waals surface area contributed by atoms with Crippen molar-refractivity contribution in [3.63, 3.8) is 0 Å². The molecule has 15 heavy (non-hydrogen) atoms. The van der Waals surface area contributed by atoms with E-state index in [4.69, 9.17) is 0 Å². The van der Waals surface area contributed by atoms with E-state index in [0.29, 0.717) is 0 Å². The van der Waals surface area contributed by atoms with Crippen molar-refractivity contribution < 1.29 is 0 Å². The molecule has 0 saturated carbocycles. The quantitative estimate of drug-likeness (QED) is 0.843. The Morgan fingerprint density at radius 1 is 1.53 bits per heavy atom. The van der Waals surface area contributed by atoms with Gasteiger partial charge in [0.15, 0.2) is 0 Å². The molecule has 1 atom stereocenters. The SMILES string of the molecule is CNCC1CCCN(c2nnc(C)s2)C1. The maximum Gasteiger partial charge on any atom is 0.208 e. The van der Waals surface area contributed by atoms with Crippen LogP contribution in [-0.2, 0) is 0 Å². The average Bonchev–Trinajstić information content (AvgIpc) is 2.66. The minimum atomic E-state index is 0.757. The van der Waals surface area contributed by atoms with Crippen LogP contribution in [0.3, 0.4) is 0 Å². The molecule has 84 valence electrons. The molecule has 2 rings (SSSR count). The monoisotopic (exact) mass is 226 g/mol. The first kappa shape index (κ1) is 10.8. The highest BCUT2D eigenvalue weighted by Crippen LogP contribution is 2.25. The number of aryl methyl sites for hydroxylation is 1. The Labute approximate surface area is 94.7 Å². The molecule has 1 aliphatic rings. The summed E-state index contributed by atoms with van der Waals surface area (Å²) in [4.78, 5) is 2.37. The Morgan fingerprint density at radius 3 is 3.07 bits per heavy atom. The predicted molar refractivity (Wildman–Crippen MR) is 63.5 cm³/mol. The van der Waals surface area contributed by atoms with Gasteiger partial charge in [0.1, 0.15) is 5.01 Å². The molecule has 1 saturated heterocycles. The number of hydrogen-bond donors (Lipinski definition) is 1. The lowest BCUT2D eigenvalue weighted by molar-refractivity contribution is 0.402. The molecule has 0 aromatic carbocycles. The number of rotatable bonds is 3. The van der Waals surface area contributed by atoms with E-state index in [-0.39, 0.29) is 0 Å². The summed E-state index contributed by atoms with van der Waals surface area (Å²) in [6.45, 7) is 5.37.